The molecular formula is C17H33IN6. The van der Waals surface area contributed by atoms with Crippen LogP contribution in [0.3, 0.4) is 0 Å². The lowest BCUT2D eigenvalue weighted by Crippen LogP contribution is -2.44. The highest BCUT2D eigenvalue weighted by molar-refractivity contribution is 14.0. The highest BCUT2D eigenvalue weighted by atomic mass is 127. The van der Waals surface area contributed by atoms with Crippen LogP contribution in [0.15, 0.2) is 11.3 Å². The van der Waals surface area contributed by atoms with E-state index in [-0.39, 0.29) is 24.0 Å². The number of nitrogens with one attached hydrogen (secondary N) is 1. The molecule has 24 heavy (non-hydrogen) atoms. The maximum Gasteiger partial charge on any atom is 0.193 e. The maximum atomic E-state index is 4.85. The Kier molecular flexibility index (Phi) is 10.3. The summed E-state index contributed by atoms with van der Waals surface area (Å²) in [4.78, 5) is 7.12. The van der Waals surface area contributed by atoms with Crippen LogP contribution in [0.1, 0.15) is 58.2 Å². The molecule has 0 aliphatic heterocycles. The molecule has 1 saturated carbocycles. The van der Waals surface area contributed by atoms with Gasteiger partial charge in [0.05, 0.1) is 6.54 Å². The zero-order chi connectivity index (χ0) is 16.5. The highest BCUT2D eigenvalue weighted by Crippen LogP contribution is 2.17. The predicted octanol–water partition coefficient (Wildman–Crippen LogP) is 3.08. The second kappa shape index (κ2) is 11.7. The van der Waals surface area contributed by atoms with E-state index in [1.54, 1.807) is 6.33 Å². The van der Waals surface area contributed by atoms with Crippen LogP contribution >= 0.6 is 24.0 Å². The molecule has 0 spiro atoms. The SMILES string of the molecule is CCCCN(C)C(=NCCn1cnnc1CC)NC1CCCC1.I. The molecule has 1 aromatic rings. The van der Waals surface area contributed by atoms with Crippen LogP contribution in [0.2, 0.25) is 0 Å². The molecule has 0 aromatic carbocycles. The smallest absolute Gasteiger partial charge is 0.193 e. The van der Waals surface area contributed by atoms with Crippen molar-refractivity contribution in [3.05, 3.63) is 12.2 Å². The van der Waals surface area contributed by atoms with Crippen molar-refractivity contribution in [2.75, 3.05) is 20.1 Å². The summed E-state index contributed by atoms with van der Waals surface area (Å²) in [5.41, 5.74) is 0. The fraction of sp³-hybridized carbons (Fsp3) is 0.824. The molecule has 6 nitrogen and oxygen atoms in total. The van der Waals surface area contributed by atoms with Crippen LogP contribution in [0.5, 0.6) is 0 Å². The van der Waals surface area contributed by atoms with Crippen molar-refractivity contribution in [2.24, 2.45) is 4.99 Å². The topological polar surface area (TPSA) is 58.3 Å². The molecule has 7 heteroatoms. The zero-order valence-electron chi connectivity index (χ0n) is 15.4. The number of unbranched alkanes of at least 4 members (excludes halogenated alkanes) is 1. The van der Waals surface area contributed by atoms with E-state index in [1.807, 2.05) is 0 Å². The number of hydrogen-bond donors (Lipinski definition) is 1. The molecule has 0 saturated heterocycles. The van der Waals surface area contributed by atoms with Gasteiger partial charge in [0, 0.05) is 32.6 Å². The largest absolute Gasteiger partial charge is 0.354 e. The highest BCUT2D eigenvalue weighted by Gasteiger charge is 2.17. The first-order valence-electron chi connectivity index (χ1n) is 9.13. The Morgan fingerprint density at radius 3 is 2.79 bits per heavy atom. The third-order valence-corrected chi connectivity index (χ3v) is 4.51. The summed E-state index contributed by atoms with van der Waals surface area (Å²) in [6.07, 6.45) is 10.3. The van der Waals surface area contributed by atoms with Crippen molar-refractivity contribution in [1.82, 2.24) is 25.0 Å². The molecule has 1 heterocycles. The minimum Gasteiger partial charge on any atom is -0.354 e. The quantitative estimate of drug-likeness (QED) is 0.377. The van der Waals surface area contributed by atoms with E-state index in [0.717, 1.165) is 37.8 Å². The van der Waals surface area contributed by atoms with E-state index in [0.29, 0.717) is 6.04 Å². The Morgan fingerprint density at radius 2 is 2.12 bits per heavy atom. The third kappa shape index (κ3) is 6.57. The number of aliphatic imine (C=N–C) groups is 1. The number of rotatable bonds is 8. The Balaban J connectivity index is 0.00000288. The molecule has 1 aliphatic rings. The van der Waals surface area contributed by atoms with Gasteiger partial charge in [-0.2, -0.15) is 0 Å². The molecule has 1 fully saturated rings. The van der Waals surface area contributed by atoms with Gasteiger partial charge in [0.25, 0.3) is 0 Å². The van der Waals surface area contributed by atoms with E-state index < -0.39 is 0 Å². The van der Waals surface area contributed by atoms with Crippen LogP contribution in [-0.4, -0.2) is 51.8 Å². The summed E-state index contributed by atoms with van der Waals surface area (Å²) in [5.74, 6) is 2.08. The number of nitrogens with zero attached hydrogens (tertiary/aromatic N) is 5. The lowest BCUT2D eigenvalue weighted by atomic mass is 10.2. The van der Waals surface area contributed by atoms with Crippen molar-refractivity contribution < 1.29 is 0 Å². The number of aryl methyl sites for hydroxylation is 1. The fourth-order valence-electron chi connectivity index (χ4n) is 3.03. The second-order valence-electron chi connectivity index (χ2n) is 6.40. The van der Waals surface area contributed by atoms with Crippen molar-refractivity contribution in [2.45, 2.75) is 71.4 Å². The molecule has 2 rings (SSSR count). The van der Waals surface area contributed by atoms with Gasteiger partial charge in [0.2, 0.25) is 0 Å². The van der Waals surface area contributed by atoms with Gasteiger partial charge in [0.1, 0.15) is 12.2 Å². The molecule has 1 aromatic heterocycles. The summed E-state index contributed by atoms with van der Waals surface area (Å²) in [7, 11) is 2.15. The Labute approximate surface area is 163 Å². The average Bonchev–Trinajstić information content (AvgIpc) is 3.22. The standard InChI is InChI=1S/C17H32N6.HI/c1-4-6-12-22(3)17(20-15-9-7-8-10-15)18-11-13-23-14-19-21-16(23)5-2;/h14-15H,4-13H2,1-3H3,(H,18,20);1H. The normalized spacial score (nSPS) is 15.4. The number of guanidine groups is 1. The molecule has 0 unspecified atom stereocenters. The van der Waals surface area contributed by atoms with Gasteiger partial charge in [-0.15, -0.1) is 34.2 Å². The van der Waals surface area contributed by atoms with Crippen LogP contribution in [-0.2, 0) is 13.0 Å². The molecular weight excluding hydrogens is 415 g/mol. The van der Waals surface area contributed by atoms with E-state index in [4.69, 9.17) is 4.99 Å². The summed E-state index contributed by atoms with van der Waals surface area (Å²) in [5, 5.41) is 11.8. The van der Waals surface area contributed by atoms with Crippen molar-refractivity contribution in [3.8, 4) is 0 Å². The predicted molar refractivity (Wildman–Crippen MR) is 110 cm³/mol. The van der Waals surface area contributed by atoms with Crippen LogP contribution in [0.25, 0.3) is 0 Å². The first-order chi connectivity index (χ1) is 11.2. The third-order valence-electron chi connectivity index (χ3n) is 4.51. The Morgan fingerprint density at radius 1 is 1.38 bits per heavy atom. The Hall–Kier alpha value is -0.860. The van der Waals surface area contributed by atoms with Crippen molar-refractivity contribution >= 4 is 29.9 Å². The molecule has 0 radical (unpaired) electrons. The van der Waals surface area contributed by atoms with Gasteiger partial charge in [-0.05, 0) is 19.3 Å². The Bertz CT molecular complexity index is 481. The lowest BCUT2D eigenvalue weighted by molar-refractivity contribution is 0.447. The van der Waals surface area contributed by atoms with Gasteiger partial charge >= 0.3 is 0 Å². The van der Waals surface area contributed by atoms with Gasteiger partial charge in [0.15, 0.2) is 5.96 Å². The summed E-state index contributed by atoms with van der Waals surface area (Å²) in [6.45, 7) is 6.99. The first-order valence-corrected chi connectivity index (χ1v) is 9.13. The number of aromatic nitrogens is 3. The monoisotopic (exact) mass is 448 g/mol. The van der Waals surface area contributed by atoms with Crippen molar-refractivity contribution in [3.63, 3.8) is 0 Å². The zero-order valence-corrected chi connectivity index (χ0v) is 17.7. The van der Waals surface area contributed by atoms with Crippen LogP contribution in [0, 0.1) is 0 Å². The first kappa shape index (κ1) is 21.2. The van der Waals surface area contributed by atoms with E-state index >= 15 is 0 Å². The number of hydrogen-bond acceptors (Lipinski definition) is 3. The van der Waals surface area contributed by atoms with Gasteiger partial charge in [-0.25, -0.2) is 0 Å². The van der Waals surface area contributed by atoms with Gasteiger partial charge in [-0.3, -0.25) is 4.99 Å². The molecule has 1 N–H and O–H groups in total. The second-order valence-corrected chi connectivity index (χ2v) is 6.40. The lowest BCUT2D eigenvalue weighted by Gasteiger charge is -2.25. The summed E-state index contributed by atoms with van der Waals surface area (Å²) in [6, 6.07) is 0.596. The minimum absolute atomic E-state index is 0. The van der Waals surface area contributed by atoms with E-state index in [2.05, 4.69) is 45.9 Å². The fourth-order valence-corrected chi connectivity index (χ4v) is 3.03. The maximum absolute atomic E-state index is 4.85. The van der Waals surface area contributed by atoms with Crippen LogP contribution in [0.4, 0.5) is 0 Å². The van der Waals surface area contributed by atoms with E-state index in [9.17, 15) is 0 Å². The van der Waals surface area contributed by atoms with E-state index in [1.165, 1.54) is 38.5 Å². The van der Waals surface area contributed by atoms with Crippen LogP contribution < -0.4 is 5.32 Å². The minimum atomic E-state index is 0. The average molecular weight is 448 g/mol. The van der Waals surface area contributed by atoms with Crippen molar-refractivity contribution in [1.29, 1.82) is 0 Å². The summed E-state index contributed by atoms with van der Waals surface area (Å²) >= 11 is 0. The molecule has 0 amide bonds. The molecule has 0 bridgehead atoms. The molecule has 138 valence electrons. The molecule has 0 atom stereocenters. The molecule has 1 aliphatic carbocycles. The van der Waals surface area contributed by atoms with Gasteiger partial charge < -0.3 is 14.8 Å². The van der Waals surface area contributed by atoms with Gasteiger partial charge in [-0.1, -0.05) is 33.1 Å². The number of halogens is 1. The summed E-state index contributed by atoms with van der Waals surface area (Å²) < 4.78 is 2.10.